The van der Waals surface area contributed by atoms with E-state index in [0.717, 1.165) is 96.3 Å². The van der Waals surface area contributed by atoms with Gasteiger partial charge in [-0.25, -0.2) is 0 Å². The molecule has 3 atom stereocenters. The second-order valence-electron chi connectivity index (χ2n) is 25.9. The molecule has 89 heavy (non-hydrogen) atoms. The molecule has 0 radical (unpaired) electrons. The Kier molecular flexibility index (Phi) is 66.4. The van der Waals surface area contributed by atoms with Gasteiger partial charge in [-0.05, 0) is 109 Å². The summed E-state index contributed by atoms with van der Waals surface area (Å²) in [7, 11) is 1.23. The minimum Gasteiger partial charge on any atom is -0.756 e. The number of carbonyl (C=O) groups excluding carboxylic acids is 1. The largest absolute Gasteiger partial charge is 0.756 e. The van der Waals surface area contributed by atoms with Gasteiger partial charge in [0.2, 0.25) is 5.91 Å². The summed E-state index contributed by atoms with van der Waals surface area (Å²) < 4.78 is 23.5. The number of aliphatic hydroxyl groups excluding tert-OH is 1. The van der Waals surface area contributed by atoms with Crippen LogP contribution in [0.2, 0.25) is 0 Å². The summed E-state index contributed by atoms with van der Waals surface area (Å²) in [4.78, 5) is 25.7. The molecular formula is C80H141N2O6P. The highest BCUT2D eigenvalue weighted by Gasteiger charge is 2.23. The third kappa shape index (κ3) is 71.9. The number of aliphatic hydroxyl groups is 1. The normalized spacial score (nSPS) is 14.4. The number of amides is 1. The van der Waals surface area contributed by atoms with E-state index in [9.17, 15) is 19.4 Å². The maximum Gasteiger partial charge on any atom is 0.268 e. The second kappa shape index (κ2) is 69.0. The molecule has 0 aliphatic heterocycles. The van der Waals surface area contributed by atoms with Crippen molar-refractivity contribution in [1.82, 2.24) is 5.32 Å². The minimum atomic E-state index is -4.63. The number of hydrogen-bond donors (Lipinski definition) is 2. The van der Waals surface area contributed by atoms with Crippen molar-refractivity contribution in [3.8, 4) is 0 Å². The lowest BCUT2D eigenvalue weighted by Gasteiger charge is -2.29. The van der Waals surface area contributed by atoms with Crippen molar-refractivity contribution in [3.05, 3.63) is 134 Å². The average molecular weight is 1260 g/mol. The van der Waals surface area contributed by atoms with Crippen LogP contribution in [0.25, 0.3) is 0 Å². The molecule has 0 heterocycles. The third-order valence-corrected chi connectivity index (χ3v) is 17.0. The summed E-state index contributed by atoms with van der Waals surface area (Å²) in [6, 6.07) is -0.922. The fourth-order valence-electron chi connectivity index (χ4n) is 10.4. The first-order chi connectivity index (χ1) is 43.5. The van der Waals surface area contributed by atoms with E-state index in [-0.39, 0.29) is 12.5 Å². The van der Waals surface area contributed by atoms with Crippen LogP contribution in [0.4, 0.5) is 0 Å². The van der Waals surface area contributed by atoms with Crippen molar-refractivity contribution >= 4 is 13.7 Å². The summed E-state index contributed by atoms with van der Waals surface area (Å²) in [6.45, 7) is 4.52. The predicted molar refractivity (Wildman–Crippen MR) is 389 cm³/mol. The van der Waals surface area contributed by atoms with Crippen LogP contribution in [0, 0.1) is 0 Å². The van der Waals surface area contributed by atoms with E-state index in [0.29, 0.717) is 17.4 Å². The maximum absolute atomic E-state index is 13.1. The van der Waals surface area contributed by atoms with Gasteiger partial charge >= 0.3 is 0 Å². The lowest BCUT2D eigenvalue weighted by Crippen LogP contribution is -2.45. The van der Waals surface area contributed by atoms with Gasteiger partial charge in [0.1, 0.15) is 13.2 Å². The number of phosphoric acid groups is 1. The summed E-state index contributed by atoms with van der Waals surface area (Å²) in [6.07, 6.45) is 104. The van der Waals surface area contributed by atoms with E-state index in [2.05, 4.69) is 141 Å². The standard InChI is InChI=1S/C80H141N2O6P/c1-6-8-10-12-14-16-18-20-22-24-26-28-30-32-34-36-38-39-40-41-42-43-44-46-48-50-52-54-56-58-60-62-64-66-68-70-72-74-80(84)81-78(77-88-89(85,86)87-76-75-82(3,4)5)79(83)73-71-69-67-65-63-61-59-57-55-53-51-49-47-45-37-35-33-31-29-27-25-23-21-19-17-15-13-11-9-7-2/h8,10,14,16,20,22,26,28,32,34,38-39,41-42,44,46,55,57,63,65,71,73,78-79,83H,6-7,9,11-13,15,17-19,21,23-25,27,29-31,33,35-37,40,43,45,47-54,56,58-62,64,66-70,72,74-77H2,1-5H3,(H-,81,84,85,86)/b10-8-,16-14-,22-20-,28-26-,34-32-,39-38-,42-41-,46-44-,57-55+,65-63+,73-71+. The minimum absolute atomic E-state index is 0.0148. The van der Waals surface area contributed by atoms with Crippen molar-refractivity contribution in [2.75, 3.05) is 40.9 Å². The SMILES string of the molecule is CC/C=C\C/C=C\C/C=C\C/C=C\C/C=C\C/C=C\C/C=C\C/C=C\CCCCCCCCCCCCCCC(=O)NC(COP(=O)([O-])OCC[N+](C)(C)C)C(O)/C=C/CC/C=C/CC/C=C/CCCCCCCCCCCCCCCCCCCCCC. The molecule has 9 heteroatoms. The number of hydrogen-bond acceptors (Lipinski definition) is 6. The van der Waals surface area contributed by atoms with E-state index >= 15 is 0 Å². The Morgan fingerprint density at radius 1 is 0.404 bits per heavy atom. The molecule has 0 rings (SSSR count). The average Bonchev–Trinajstić information content (AvgIpc) is 3.57. The quantitative estimate of drug-likeness (QED) is 0.0272. The number of nitrogens with zero attached hydrogens (tertiary/aromatic N) is 1. The van der Waals surface area contributed by atoms with E-state index in [1.54, 1.807) is 6.08 Å². The number of allylic oxidation sites excluding steroid dienone is 21. The fourth-order valence-corrected chi connectivity index (χ4v) is 11.1. The molecule has 0 saturated carbocycles. The fraction of sp³-hybridized carbons (Fsp3) is 0.713. The van der Waals surface area contributed by atoms with Crippen LogP contribution in [0.5, 0.6) is 0 Å². The lowest BCUT2D eigenvalue weighted by molar-refractivity contribution is -0.870. The summed E-state index contributed by atoms with van der Waals surface area (Å²) in [5.74, 6) is -0.216. The zero-order chi connectivity index (χ0) is 64.8. The number of rotatable bonds is 67. The summed E-state index contributed by atoms with van der Waals surface area (Å²) in [5.41, 5.74) is 0. The van der Waals surface area contributed by atoms with Crippen molar-refractivity contribution < 1.29 is 32.9 Å². The third-order valence-electron chi connectivity index (χ3n) is 16.1. The van der Waals surface area contributed by atoms with Gasteiger partial charge in [-0.15, -0.1) is 0 Å². The van der Waals surface area contributed by atoms with Crippen molar-refractivity contribution in [3.63, 3.8) is 0 Å². The Labute approximate surface area is 551 Å². The first kappa shape index (κ1) is 85.6. The van der Waals surface area contributed by atoms with Gasteiger partial charge in [-0.1, -0.05) is 334 Å². The van der Waals surface area contributed by atoms with Gasteiger partial charge < -0.3 is 28.8 Å². The van der Waals surface area contributed by atoms with E-state index in [4.69, 9.17) is 9.05 Å². The van der Waals surface area contributed by atoms with Crippen LogP contribution < -0.4 is 10.2 Å². The second-order valence-corrected chi connectivity index (χ2v) is 27.3. The van der Waals surface area contributed by atoms with E-state index in [1.807, 2.05) is 27.2 Å². The van der Waals surface area contributed by atoms with Crippen molar-refractivity contribution in [2.24, 2.45) is 0 Å². The van der Waals surface area contributed by atoms with E-state index in [1.165, 1.54) is 199 Å². The molecule has 3 unspecified atom stereocenters. The van der Waals surface area contributed by atoms with Crippen LogP contribution in [0.1, 0.15) is 316 Å². The molecule has 2 N–H and O–H groups in total. The van der Waals surface area contributed by atoms with Gasteiger partial charge in [0.25, 0.3) is 7.82 Å². The molecule has 0 fully saturated rings. The lowest BCUT2D eigenvalue weighted by atomic mass is 10.0. The number of quaternary nitrogens is 1. The summed E-state index contributed by atoms with van der Waals surface area (Å²) in [5, 5.41) is 13.9. The maximum atomic E-state index is 13.1. The van der Waals surface area contributed by atoms with Crippen LogP contribution in [-0.2, 0) is 18.4 Å². The molecule has 0 bridgehead atoms. The van der Waals surface area contributed by atoms with Crippen LogP contribution in [0.3, 0.4) is 0 Å². The molecule has 1 amide bonds. The number of likely N-dealkylation sites (N-methyl/N-ethyl adjacent to an activating group) is 1. The molecule has 0 saturated heterocycles. The van der Waals surface area contributed by atoms with Gasteiger partial charge in [0, 0.05) is 6.42 Å². The molecule has 512 valence electrons. The Morgan fingerprint density at radius 3 is 1.04 bits per heavy atom. The predicted octanol–water partition coefficient (Wildman–Crippen LogP) is 23.5. The Balaban J connectivity index is 4.14. The first-order valence-corrected chi connectivity index (χ1v) is 38.5. The number of phosphoric ester groups is 1. The van der Waals surface area contributed by atoms with Crippen LogP contribution in [0.15, 0.2) is 134 Å². The van der Waals surface area contributed by atoms with Crippen molar-refractivity contribution in [2.45, 2.75) is 328 Å². The van der Waals surface area contributed by atoms with E-state index < -0.39 is 26.6 Å². The monoisotopic (exact) mass is 1260 g/mol. The van der Waals surface area contributed by atoms with Crippen molar-refractivity contribution in [1.29, 1.82) is 0 Å². The number of nitrogens with one attached hydrogen (secondary N) is 1. The van der Waals surface area contributed by atoms with Gasteiger partial charge in [0.15, 0.2) is 0 Å². The molecule has 0 aliphatic carbocycles. The molecular weight excluding hydrogens is 1120 g/mol. The molecule has 0 aromatic carbocycles. The Hall–Kier alpha value is -3.36. The molecule has 8 nitrogen and oxygen atoms in total. The van der Waals surface area contributed by atoms with Gasteiger partial charge in [-0.3, -0.25) is 9.36 Å². The molecule has 0 aliphatic rings. The summed E-state index contributed by atoms with van der Waals surface area (Å²) >= 11 is 0. The highest BCUT2D eigenvalue weighted by atomic mass is 31.2. The number of unbranched alkanes of at least 4 members (excludes halogenated alkanes) is 34. The highest BCUT2D eigenvalue weighted by molar-refractivity contribution is 7.45. The molecule has 0 aromatic heterocycles. The topological polar surface area (TPSA) is 108 Å². The highest BCUT2D eigenvalue weighted by Crippen LogP contribution is 2.38. The first-order valence-electron chi connectivity index (χ1n) is 37.0. The molecule has 0 aromatic rings. The zero-order valence-corrected chi connectivity index (χ0v) is 59.5. The Morgan fingerprint density at radius 2 is 0.697 bits per heavy atom. The smallest absolute Gasteiger partial charge is 0.268 e. The van der Waals surface area contributed by atoms with Crippen LogP contribution >= 0.6 is 7.82 Å². The van der Waals surface area contributed by atoms with Gasteiger partial charge in [-0.2, -0.15) is 0 Å². The molecule has 0 spiro atoms. The van der Waals surface area contributed by atoms with Gasteiger partial charge in [0.05, 0.1) is 39.9 Å². The zero-order valence-electron chi connectivity index (χ0n) is 58.6. The Bertz CT molecular complexity index is 1920. The number of carbonyl (C=O) groups is 1. The van der Waals surface area contributed by atoms with Crippen LogP contribution in [-0.4, -0.2) is 68.5 Å².